The number of hydrogen-bond acceptors (Lipinski definition) is 3. The van der Waals surface area contributed by atoms with Crippen LogP contribution in [0.2, 0.25) is 0 Å². The molecule has 5 heteroatoms. The number of benzene rings is 2. The Morgan fingerprint density at radius 1 is 0.962 bits per heavy atom. The molecule has 0 aliphatic rings. The van der Waals surface area contributed by atoms with Gasteiger partial charge in [0.05, 0.1) is 16.8 Å². The molecular formula is C21H21N3O2. The van der Waals surface area contributed by atoms with Crippen LogP contribution in [0.25, 0.3) is 22.2 Å². The van der Waals surface area contributed by atoms with Gasteiger partial charge >= 0.3 is 0 Å². The Kier molecular flexibility index (Phi) is 4.98. The molecule has 2 N–H and O–H groups in total. The Morgan fingerprint density at radius 3 is 2.35 bits per heavy atom. The Labute approximate surface area is 152 Å². The maximum Gasteiger partial charge on any atom is 0.270 e. The fraction of sp³-hybridized carbons (Fsp3) is 0.190. The molecule has 1 heterocycles. The summed E-state index contributed by atoms with van der Waals surface area (Å²) in [6.07, 6.45) is 0. The number of rotatable bonds is 3. The minimum atomic E-state index is -0.369. The maximum atomic E-state index is 12.7. The quantitative estimate of drug-likeness (QED) is 0.711. The van der Waals surface area contributed by atoms with E-state index in [2.05, 4.69) is 15.8 Å². The Morgan fingerprint density at radius 2 is 1.65 bits per heavy atom. The van der Waals surface area contributed by atoms with E-state index in [-0.39, 0.29) is 17.7 Å². The fourth-order valence-electron chi connectivity index (χ4n) is 2.57. The molecule has 0 unspecified atom stereocenters. The first-order valence-corrected chi connectivity index (χ1v) is 8.52. The molecule has 26 heavy (non-hydrogen) atoms. The topological polar surface area (TPSA) is 71.1 Å². The number of aryl methyl sites for hydroxylation is 1. The third-order valence-electron chi connectivity index (χ3n) is 4.13. The number of carbonyl (C=O) groups is 2. The summed E-state index contributed by atoms with van der Waals surface area (Å²) in [7, 11) is 0. The lowest BCUT2D eigenvalue weighted by molar-refractivity contribution is -0.124. The molecule has 0 spiro atoms. The van der Waals surface area contributed by atoms with Crippen molar-refractivity contribution in [3.8, 4) is 11.3 Å². The van der Waals surface area contributed by atoms with Crippen LogP contribution < -0.4 is 10.9 Å². The number of aromatic nitrogens is 1. The van der Waals surface area contributed by atoms with Gasteiger partial charge in [0.2, 0.25) is 5.91 Å². The first kappa shape index (κ1) is 17.6. The molecule has 2 aromatic carbocycles. The number of fused-ring (bicyclic) bond motifs is 1. The van der Waals surface area contributed by atoms with Gasteiger partial charge in [0.15, 0.2) is 0 Å². The second-order valence-electron chi connectivity index (χ2n) is 6.54. The summed E-state index contributed by atoms with van der Waals surface area (Å²) >= 11 is 0. The van der Waals surface area contributed by atoms with Gasteiger partial charge in [0.1, 0.15) is 0 Å². The zero-order chi connectivity index (χ0) is 18.7. The first-order chi connectivity index (χ1) is 12.5. The molecule has 3 rings (SSSR count). The summed E-state index contributed by atoms with van der Waals surface area (Å²) in [5.41, 5.74) is 8.94. The lowest BCUT2D eigenvalue weighted by Gasteiger charge is -2.12. The van der Waals surface area contributed by atoms with Crippen molar-refractivity contribution in [2.75, 3.05) is 0 Å². The molecule has 0 saturated carbocycles. The van der Waals surface area contributed by atoms with Gasteiger partial charge in [-0.05, 0) is 19.1 Å². The van der Waals surface area contributed by atoms with Crippen LogP contribution in [0.5, 0.6) is 0 Å². The molecule has 132 valence electrons. The number of carbonyl (C=O) groups excluding carboxylic acids is 2. The van der Waals surface area contributed by atoms with Gasteiger partial charge in [-0.25, -0.2) is 4.98 Å². The summed E-state index contributed by atoms with van der Waals surface area (Å²) in [6, 6.07) is 17.2. The average Bonchev–Trinajstić information content (AvgIpc) is 2.65. The second-order valence-corrected chi connectivity index (χ2v) is 6.54. The number of amides is 2. The fourth-order valence-corrected chi connectivity index (χ4v) is 2.57. The standard InChI is InChI=1S/C21H21N3O2/c1-13(2)20(25)23-24-21(26)17-12-19(15-10-8-14(3)9-11-15)22-18-7-5-4-6-16(17)18/h4-13H,1-3H3,(H,23,25)(H,24,26). The van der Waals surface area contributed by atoms with Crippen molar-refractivity contribution >= 4 is 22.7 Å². The number of nitrogens with one attached hydrogen (secondary N) is 2. The number of nitrogens with zero attached hydrogens (tertiary/aromatic N) is 1. The number of hydrazine groups is 1. The summed E-state index contributed by atoms with van der Waals surface area (Å²) in [4.78, 5) is 29.1. The van der Waals surface area contributed by atoms with Crippen LogP contribution in [0.1, 0.15) is 29.8 Å². The van der Waals surface area contributed by atoms with Crippen LogP contribution >= 0.6 is 0 Å². The predicted octanol–water partition coefficient (Wildman–Crippen LogP) is 3.63. The van der Waals surface area contributed by atoms with Gasteiger partial charge < -0.3 is 0 Å². The number of hydrogen-bond donors (Lipinski definition) is 2. The normalized spacial score (nSPS) is 10.8. The van der Waals surface area contributed by atoms with E-state index in [1.165, 1.54) is 0 Å². The molecule has 0 aliphatic carbocycles. The van der Waals surface area contributed by atoms with E-state index >= 15 is 0 Å². The third-order valence-corrected chi connectivity index (χ3v) is 4.13. The molecule has 1 aromatic heterocycles. The average molecular weight is 347 g/mol. The van der Waals surface area contributed by atoms with Crippen molar-refractivity contribution in [3.63, 3.8) is 0 Å². The van der Waals surface area contributed by atoms with Crippen LogP contribution in [-0.2, 0) is 4.79 Å². The second kappa shape index (κ2) is 7.35. The lowest BCUT2D eigenvalue weighted by atomic mass is 10.0. The van der Waals surface area contributed by atoms with Crippen LogP contribution in [0.3, 0.4) is 0 Å². The number of para-hydroxylation sites is 1. The first-order valence-electron chi connectivity index (χ1n) is 8.52. The van der Waals surface area contributed by atoms with Gasteiger partial charge in [0, 0.05) is 16.9 Å². The Balaban J connectivity index is 2.01. The van der Waals surface area contributed by atoms with Crippen LogP contribution in [0, 0.1) is 12.8 Å². The summed E-state index contributed by atoms with van der Waals surface area (Å²) in [6.45, 7) is 5.55. The van der Waals surface area contributed by atoms with Gasteiger partial charge in [-0.15, -0.1) is 0 Å². The van der Waals surface area contributed by atoms with Crippen LogP contribution in [-0.4, -0.2) is 16.8 Å². The van der Waals surface area contributed by atoms with Crippen molar-refractivity contribution in [1.82, 2.24) is 15.8 Å². The molecule has 0 saturated heterocycles. The molecule has 5 nitrogen and oxygen atoms in total. The smallest absolute Gasteiger partial charge is 0.270 e. The molecular weight excluding hydrogens is 326 g/mol. The maximum absolute atomic E-state index is 12.7. The van der Waals surface area contributed by atoms with Crippen LogP contribution in [0.15, 0.2) is 54.6 Å². The van der Waals surface area contributed by atoms with Gasteiger partial charge in [-0.2, -0.15) is 0 Å². The molecule has 0 radical (unpaired) electrons. The van der Waals surface area contributed by atoms with E-state index in [9.17, 15) is 9.59 Å². The Bertz CT molecular complexity index is 963. The minimum Gasteiger partial charge on any atom is -0.273 e. The van der Waals surface area contributed by atoms with Crippen molar-refractivity contribution in [2.24, 2.45) is 5.92 Å². The van der Waals surface area contributed by atoms with Gasteiger partial charge in [-0.1, -0.05) is 61.9 Å². The highest BCUT2D eigenvalue weighted by Crippen LogP contribution is 2.25. The lowest BCUT2D eigenvalue weighted by Crippen LogP contribution is -2.43. The number of pyridine rings is 1. The van der Waals surface area contributed by atoms with E-state index in [1.54, 1.807) is 19.9 Å². The van der Waals surface area contributed by atoms with Gasteiger partial charge in [0.25, 0.3) is 5.91 Å². The van der Waals surface area contributed by atoms with Crippen molar-refractivity contribution < 1.29 is 9.59 Å². The summed E-state index contributed by atoms with van der Waals surface area (Å²) in [5.74, 6) is -0.825. The molecule has 3 aromatic rings. The highest BCUT2D eigenvalue weighted by atomic mass is 16.2. The zero-order valence-electron chi connectivity index (χ0n) is 15.0. The zero-order valence-corrected chi connectivity index (χ0v) is 15.0. The predicted molar refractivity (Wildman–Crippen MR) is 102 cm³/mol. The molecule has 2 amide bonds. The summed E-state index contributed by atoms with van der Waals surface area (Å²) in [5, 5.41) is 0.736. The van der Waals surface area contributed by atoms with E-state index in [0.29, 0.717) is 11.3 Å². The van der Waals surface area contributed by atoms with E-state index in [1.807, 2.05) is 55.5 Å². The highest BCUT2D eigenvalue weighted by Gasteiger charge is 2.15. The van der Waals surface area contributed by atoms with E-state index < -0.39 is 0 Å². The highest BCUT2D eigenvalue weighted by molar-refractivity contribution is 6.07. The van der Waals surface area contributed by atoms with Crippen molar-refractivity contribution in [3.05, 3.63) is 65.7 Å². The molecule has 0 atom stereocenters. The monoisotopic (exact) mass is 347 g/mol. The van der Waals surface area contributed by atoms with Crippen molar-refractivity contribution in [2.45, 2.75) is 20.8 Å². The molecule has 0 bridgehead atoms. The largest absolute Gasteiger partial charge is 0.273 e. The minimum absolute atomic E-state index is 0.215. The Hall–Kier alpha value is -3.21. The van der Waals surface area contributed by atoms with Gasteiger partial charge in [-0.3, -0.25) is 20.4 Å². The third kappa shape index (κ3) is 3.72. The SMILES string of the molecule is Cc1ccc(-c2cc(C(=O)NNC(=O)C(C)C)c3ccccc3n2)cc1. The summed E-state index contributed by atoms with van der Waals surface area (Å²) < 4.78 is 0. The van der Waals surface area contributed by atoms with E-state index in [0.717, 1.165) is 22.0 Å². The molecule has 0 aliphatic heterocycles. The van der Waals surface area contributed by atoms with Crippen molar-refractivity contribution in [1.29, 1.82) is 0 Å². The van der Waals surface area contributed by atoms with E-state index in [4.69, 9.17) is 0 Å². The molecule has 0 fully saturated rings. The van der Waals surface area contributed by atoms with Crippen LogP contribution in [0.4, 0.5) is 0 Å².